The highest BCUT2D eigenvalue weighted by atomic mass is 16.4. The SMILES string of the molecule is O=C1N[C@]2(CCc3ccccc31)CN(Cc1ccccc1)C[C@H]2C(=O)O. The quantitative estimate of drug-likeness (QED) is 0.891. The molecule has 0 aliphatic carbocycles. The Morgan fingerprint density at radius 3 is 2.65 bits per heavy atom. The van der Waals surface area contributed by atoms with Crippen LogP contribution in [0.25, 0.3) is 0 Å². The van der Waals surface area contributed by atoms with Crippen LogP contribution in [0.2, 0.25) is 0 Å². The maximum absolute atomic E-state index is 12.8. The van der Waals surface area contributed by atoms with E-state index in [-0.39, 0.29) is 5.91 Å². The number of carbonyl (C=O) groups excluding carboxylic acids is 1. The fourth-order valence-electron chi connectivity index (χ4n) is 4.34. The summed E-state index contributed by atoms with van der Waals surface area (Å²) in [5.74, 6) is -1.61. The van der Waals surface area contributed by atoms with Gasteiger partial charge in [-0.15, -0.1) is 0 Å². The van der Waals surface area contributed by atoms with Gasteiger partial charge >= 0.3 is 5.97 Å². The third kappa shape index (κ3) is 2.99. The van der Waals surface area contributed by atoms with Gasteiger partial charge in [0.05, 0.1) is 11.5 Å². The summed E-state index contributed by atoms with van der Waals surface area (Å²) in [6, 6.07) is 17.6. The molecule has 5 nitrogen and oxygen atoms in total. The summed E-state index contributed by atoms with van der Waals surface area (Å²) in [5.41, 5.74) is 2.08. The highest BCUT2D eigenvalue weighted by Crippen LogP contribution is 2.36. The number of likely N-dealkylation sites (tertiary alicyclic amines) is 1. The number of carbonyl (C=O) groups is 2. The van der Waals surface area contributed by atoms with Crippen LogP contribution in [0.3, 0.4) is 0 Å². The van der Waals surface area contributed by atoms with Crippen molar-refractivity contribution >= 4 is 11.9 Å². The third-order valence-corrected chi connectivity index (χ3v) is 5.63. The number of nitrogens with zero attached hydrogens (tertiary/aromatic N) is 1. The number of rotatable bonds is 3. The van der Waals surface area contributed by atoms with Crippen LogP contribution in [0.5, 0.6) is 0 Å². The summed E-state index contributed by atoms with van der Waals surface area (Å²) in [6.45, 7) is 1.69. The molecule has 2 aliphatic heterocycles. The summed E-state index contributed by atoms with van der Waals surface area (Å²) in [6.07, 6.45) is 1.34. The minimum atomic E-state index is -0.841. The second-order valence-electron chi connectivity index (χ2n) is 7.31. The van der Waals surface area contributed by atoms with Crippen molar-refractivity contribution in [1.82, 2.24) is 10.2 Å². The number of hydrogen-bond donors (Lipinski definition) is 2. The lowest BCUT2D eigenvalue weighted by Crippen LogP contribution is -2.55. The first-order chi connectivity index (χ1) is 12.6. The van der Waals surface area contributed by atoms with E-state index in [1.54, 1.807) is 0 Å². The van der Waals surface area contributed by atoms with Crippen molar-refractivity contribution < 1.29 is 14.7 Å². The van der Waals surface area contributed by atoms with Gasteiger partial charge in [0.15, 0.2) is 0 Å². The number of benzene rings is 2. The number of aliphatic carboxylic acids is 1. The molecule has 2 aromatic carbocycles. The molecular formula is C21H22N2O3. The monoisotopic (exact) mass is 350 g/mol. The minimum Gasteiger partial charge on any atom is -0.481 e. The molecular weight excluding hydrogens is 328 g/mol. The standard InChI is InChI=1S/C21H22N2O3/c24-19-17-9-5-4-8-16(17)10-11-21(22-19)14-23(13-18(21)20(25)26)12-15-6-2-1-3-7-15/h1-9,18H,10-14H2,(H,22,24)(H,25,26)/t18-,21+/m0/s1. The summed E-state index contributed by atoms with van der Waals surface area (Å²) < 4.78 is 0. The lowest BCUT2D eigenvalue weighted by molar-refractivity contribution is -0.143. The zero-order valence-corrected chi connectivity index (χ0v) is 14.5. The molecule has 2 aliphatic rings. The molecule has 4 rings (SSSR count). The number of aryl methyl sites for hydroxylation is 1. The molecule has 2 heterocycles. The van der Waals surface area contributed by atoms with Gasteiger partial charge in [0, 0.05) is 25.2 Å². The second kappa shape index (κ2) is 6.57. The van der Waals surface area contributed by atoms with Gasteiger partial charge in [0.25, 0.3) is 5.91 Å². The van der Waals surface area contributed by atoms with Gasteiger partial charge in [-0.05, 0) is 30.0 Å². The van der Waals surface area contributed by atoms with E-state index in [0.29, 0.717) is 38.0 Å². The molecule has 0 radical (unpaired) electrons. The van der Waals surface area contributed by atoms with E-state index in [0.717, 1.165) is 11.1 Å². The van der Waals surface area contributed by atoms with Crippen molar-refractivity contribution in [3.05, 3.63) is 71.3 Å². The van der Waals surface area contributed by atoms with E-state index in [1.807, 2.05) is 54.6 Å². The summed E-state index contributed by atoms with van der Waals surface area (Å²) in [4.78, 5) is 26.9. The average molecular weight is 350 g/mol. The fraction of sp³-hybridized carbons (Fsp3) is 0.333. The van der Waals surface area contributed by atoms with E-state index in [4.69, 9.17) is 0 Å². The van der Waals surface area contributed by atoms with Crippen LogP contribution in [0, 0.1) is 5.92 Å². The van der Waals surface area contributed by atoms with Gasteiger partial charge in [0.1, 0.15) is 0 Å². The predicted octanol–water partition coefficient (Wildman–Crippen LogP) is 2.32. The Morgan fingerprint density at radius 2 is 1.88 bits per heavy atom. The molecule has 0 bridgehead atoms. The Bertz CT molecular complexity index is 836. The van der Waals surface area contributed by atoms with Crippen molar-refractivity contribution in [1.29, 1.82) is 0 Å². The molecule has 134 valence electrons. The number of carboxylic acid groups (broad SMARTS) is 1. The van der Waals surface area contributed by atoms with E-state index >= 15 is 0 Å². The minimum absolute atomic E-state index is 0.161. The molecule has 2 N–H and O–H groups in total. The molecule has 0 saturated carbocycles. The molecule has 26 heavy (non-hydrogen) atoms. The van der Waals surface area contributed by atoms with Crippen LogP contribution < -0.4 is 5.32 Å². The second-order valence-corrected chi connectivity index (χ2v) is 7.31. The molecule has 0 unspecified atom stereocenters. The molecule has 1 saturated heterocycles. The largest absolute Gasteiger partial charge is 0.481 e. The summed E-state index contributed by atoms with van der Waals surface area (Å²) >= 11 is 0. The van der Waals surface area contributed by atoms with Crippen LogP contribution >= 0.6 is 0 Å². The first-order valence-electron chi connectivity index (χ1n) is 8.97. The maximum atomic E-state index is 12.8. The average Bonchev–Trinajstić information content (AvgIpc) is 2.92. The normalized spacial score (nSPS) is 25.5. The summed E-state index contributed by atoms with van der Waals surface area (Å²) in [5, 5.41) is 12.9. The third-order valence-electron chi connectivity index (χ3n) is 5.63. The molecule has 2 atom stereocenters. The lowest BCUT2D eigenvalue weighted by Gasteiger charge is -2.32. The Morgan fingerprint density at radius 1 is 1.15 bits per heavy atom. The maximum Gasteiger partial charge on any atom is 0.310 e. The van der Waals surface area contributed by atoms with E-state index in [2.05, 4.69) is 10.2 Å². The molecule has 5 heteroatoms. The van der Waals surface area contributed by atoms with Crippen LogP contribution in [-0.2, 0) is 17.8 Å². The van der Waals surface area contributed by atoms with Gasteiger partial charge in [-0.25, -0.2) is 0 Å². The van der Waals surface area contributed by atoms with Crippen LogP contribution in [-0.4, -0.2) is 40.5 Å². The van der Waals surface area contributed by atoms with E-state index in [1.165, 1.54) is 0 Å². The number of nitrogens with one attached hydrogen (secondary N) is 1. The molecule has 2 aromatic rings. The van der Waals surface area contributed by atoms with Crippen molar-refractivity contribution in [2.24, 2.45) is 5.92 Å². The first-order valence-corrected chi connectivity index (χ1v) is 8.97. The Balaban J connectivity index is 1.61. The van der Waals surface area contributed by atoms with Crippen LogP contribution in [0.1, 0.15) is 27.9 Å². The zero-order valence-electron chi connectivity index (χ0n) is 14.5. The number of amides is 1. The Labute approximate surface area is 152 Å². The molecule has 0 aromatic heterocycles. The van der Waals surface area contributed by atoms with Crippen LogP contribution in [0.4, 0.5) is 0 Å². The van der Waals surface area contributed by atoms with Crippen molar-refractivity contribution in [2.75, 3.05) is 13.1 Å². The Hall–Kier alpha value is -2.66. The zero-order chi connectivity index (χ0) is 18.1. The van der Waals surface area contributed by atoms with Crippen molar-refractivity contribution in [3.63, 3.8) is 0 Å². The Kier molecular flexibility index (Phi) is 4.24. The lowest BCUT2D eigenvalue weighted by atomic mass is 9.82. The van der Waals surface area contributed by atoms with Crippen molar-refractivity contribution in [3.8, 4) is 0 Å². The summed E-state index contributed by atoms with van der Waals surface area (Å²) in [7, 11) is 0. The van der Waals surface area contributed by atoms with Crippen molar-refractivity contribution in [2.45, 2.75) is 24.9 Å². The van der Waals surface area contributed by atoms with Gasteiger partial charge in [-0.2, -0.15) is 0 Å². The van der Waals surface area contributed by atoms with Gasteiger partial charge < -0.3 is 10.4 Å². The topological polar surface area (TPSA) is 69.6 Å². The number of hydrogen-bond acceptors (Lipinski definition) is 3. The van der Waals surface area contributed by atoms with E-state index in [9.17, 15) is 14.7 Å². The highest BCUT2D eigenvalue weighted by Gasteiger charge is 2.51. The van der Waals surface area contributed by atoms with Crippen LogP contribution in [0.15, 0.2) is 54.6 Å². The highest BCUT2D eigenvalue weighted by molar-refractivity contribution is 5.97. The number of carboxylic acids is 1. The van der Waals surface area contributed by atoms with Gasteiger partial charge in [-0.1, -0.05) is 48.5 Å². The predicted molar refractivity (Wildman–Crippen MR) is 97.8 cm³/mol. The molecule has 1 spiro atoms. The fourth-order valence-corrected chi connectivity index (χ4v) is 4.34. The molecule has 1 amide bonds. The first kappa shape index (κ1) is 16.8. The molecule has 1 fully saturated rings. The van der Waals surface area contributed by atoms with Gasteiger partial charge in [0.2, 0.25) is 0 Å². The smallest absolute Gasteiger partial charge is 0.310 e. The van der Waals surface area contributed by atoms with Gasteiger partial charge in [-0.3, -0.25) is 14.5 Å². The van der Waals surface area contributed by atoms with E-state index < -0.39 is 17.4 Å². The number of fused-ring (bicyclic) bond motifs is 1.